The molecule has 2 aromatic heterocycles. The Morgan fingerprint density at radius 2 is 1.93 bits per heavy atom. The number of halogens is 1. The number of hydrogen-bond acceptors (Lipinski definition) is 7. The lowest BCUT2D eigenvalue weighted by Gasteiger charge is -2.24. The van der Waals surface area contributed by atoms with E-state index in [2.05, 4.69) is 15.0 Å². The van der Waals surface area contributed by atoms with Crippen LogP contribution in [0.25, 0.3) is 5.69 Å². The first-order valence-corrected chi connectivity index (χ1v) is 9.42. The molecule has 2 N–H and O–H groups in total. The molecule has 3 aromatic rings. The van der Waals surface area contributed by atoms with Crippen molar-refractivity contribution in [1.29, 1.82) is 0 Å². The van der Waals surface area contributed by atoms with Crippen molar-refractivity contribution in [3.63, 3.8) is 0 Å². The van der Waals surface area contributed by atoms with Crippen LogP contribution in [-0.4, -0.2) is 39.5 Å². The molecule has 0 fully saturated rings. The summed E-state index contributed by atoms with van der Waals surface area (Å²) in [5.41, 5.74) is 8.36. The van der Waals surface area contributed by atoms with Gasteiger partial charge in [-0.3, -0.25) is 9.36 Å². The van der Waals surface area contributed by atoms with Crippen molar-refractivity contribution in [2.24, 2.45) is 0 Å². The summed E-state index contributed by atoms with van der Waals surface area (Å²) >= 11 is 6.23. The van der Waals surface area contributed by atoms with Crippen LogP contribution in [0.1, 0.15) is 39.9 Å². The molecule has 1 aliphatic rings. The number of ketones is 1. The van der Waals surface area contributed by atoms with E-state index in [1.807, 2.05) is 10.8 Å². The highest BCUT2D eigenvalue weighted by Gasteiger charge is 2.32. The number of benzene rings is 1. The van der Waals surface area contributed by atoms with Gasteiger partial charge >= 0.3 is 0 Å². The number of carbonyl (C=O) groups is 1. The zero-order chi connectivity index (χ0) is 20.7. The largest absolute Gasteiger partial charge is 0.495 e. The van der Waals surface area contributed by atoms with Crippen LogP contribution in [0.2, 0.25) is 5.02 Å². The van der Waals surface area contributed by atoms with Gasteiger partial charge in [-0.15, -0.1) is 0 Å². The van der Waals surface area contributed by atoms with Crippen LogP contribution in [0.15, 0.2) is 24.5 Å². The fraction of sp³-hybridized carbons (Fsp3) is 0.300. The summed E-state index contributed by atoms with van der Waals surface area (Å²) in [5.74, 6) is 1.81. The Labute approximate surface area is 172 Å². The smallest absolute Gasteiger partial charge is 0.220 e. The normalized spacial score (nSPS) is 15.9. The van der Waals surface area contributed by atoms with Crippen LogP contribution in [0.3, 0.4) is 0 Å². The van der Waals surface area contributed by atoms with Gasteiger partial charge in [0.15, 0.2) is 5.78 Å². The second-order valence-corrected chi connectivity index (χ2v) is 7.24. The van der Waals surface area contributed by atoms with Gasteiger partial charge in [0.1, 0.15) is 17.3 Å². The van der Waals surface area contributed by atoms with Gasteiger partial charge in [0, 0.05) is 43.3 Å². The second kappa shape index (κ2) is 7.36. The van der Waals surface area contributed by atoms with E-state index in [1.165, 1.54) is 0 Å². The molecule has 29 heavy (non-hydrogen) atoms. The Morgan fingerprint density at radius 3 is 2.66 bits per heavy atom. The molecule has 9 heteroatoms. The fourth-order valence-electron chi connectivity index (χ4n) is 3.83. The highest BCUT2D eigenvalue weighted by atomic mass is 35.5. The fourth-order valence-corrected chi connectivity index (χ4v) is 4.06. The van der Waals surface area contributed by atoms with Crippen molar-refractivity contribution >= 4 is 23.3 Å². The lowest BCUT2D eigenvalue weighted by Crippen LogP contribution is -2.24. The molecule has 0 aliphatic heterocycles. The highest BCUT2D eigenvalue weighted by Crippen LogP contribution is 2.38. The maximum absolute atomic E-state index is 12.8. The summed E-state index contributed by atoms with van der Waals surface area (Å²) in [6.45, 7) is 1.78. The third-order valence-corrected chi connectivity index (χ3v) is 5.38. The molecule has 150 valence electrons. The summed E-state index contributed by atoms with van der Waals surface area (Å²) < 4.78 is 12.7. The number of anilines is 1. The molecule has 0 bridgehead atoms. The predicted octanol–water partition coefficient (Wildman–Crippen LogP) is 3.14. The SMILES string of the molecule is COc1cc(-n2ccnc2C2CC(=O)c3c(C)nc(N)nc3C2)c(OC)cc1Cl. The zero-order valence-corrected chi connectivity index (χ0v) is 17.0. The maximum Gasteiger partial charge on any atom is 0.220 e. The Hall–Kier alpha value is -3.13. The van der Waals surface area contributed by atoms with Gasteiger partial charge in [-0.05, 0) is 6.92 Å². The Balaban J connectivity index is 1.79. The van der Waals surface area contributed by atoms with E-state index < -0.39 is 0 Å². The van der Waals surface area contributed by atoms with Crippen molar-refractivity contribution < 1.29 is 14.3 Å². The molecule has 2 heterocycles. The Bertz CT molecular complexity index is 1110. The Morgan fingerprint density at radius 1 is 1.17 bits per heavy atom. The lowest BCUT2D eigenvalue weighted by atomic mass is 9.84. The van der Waals surface area contributed by atoms with Crippen molar-refractivity contribution in [2.75, 3.05) is 20.0 Å². The number of nitrogen functional groups attached to an aromatic ring is 1. The summed E-state index contributed by atoms with van der Waals surface area (Å²) in [4.78, 5) is 25.8. The third kappa shape index (κ3) is 3.29. The first-order valence-electron chi connectivity index (χ1n) is 9.04. The summed E-state index contributed by atoms with van der Waals surface area (Å²) in [5, 5.41) is 0.444. The number of nitrogens with two attached hydrogens (primary N) is 1. The molecule has 0 radical (unpaired) electrons. The summed E-state index contributed by atoms with van der Waals surface area (Å²) in [7, 11) is 3.12. The van der Waals surface area contributed by atoms with E-state index in [-0.39, 0.29) is 17.6 Å². The number of aromatic nitrogens is 4. The van der Waals surface area contributed by atoms with Crippen LogP contribution in [0.4, 0.5) is 5.95 Å². The number of ether oxygens (including phenoxy) is 2. The summed E-state index contributed by atoms with van der Waals surface area (Å²) in [6, 6.07) is 3.48. The minimum atomic E-state index is -0.162. The number of aryl methyl sites for hydroxylation is 1. The van der Waals surface area contributed by atoms with E-state index >= 15 is 0 Å². The number of Topliss-reactive ketones (excluding diaryl/α,β-unsaturated/α-hetero) is 1. The second-order valence-electron chi connectivity index (χ2n) is 6.83. The number of methoxy groups -OCH3 is 2. The van der Waals surface area contributed by atoms with Crippen molar-refractivity contribution in [3.8, 4) is 17.2 Å². The molecule has 0 spiro atoms. The van der Waals surface area contributed by atoms with E-state index in [0.717, 1.165) is 11.5 Å². The molecular formula is C20H20ClN5O3. The van der Waals surface area contributed by atoms with E-state index in [1.54, 1.807) is 39.5 Å². The average molecular weight is 414 g/mol. The molecule has 1 atom stereocenters. The first kappa shape index (κ1) is 19.2. The molecule has 4 rings (SSSR count). The number of imidazole rings is 1. The molecule has 0 amide bonds. The van der Waals surface area contributed by atoms with Crippen LogP contribution in [-0.2, 0) is 6.42 Å². The number of rotatable bonds is 4. The number of carbonyl (C=O) groups excluding carboxylic acids is 1. The quantitative estimate of drug-likeness (QED) is 0.700. The number of hydrogen-bond donors (Lipinski definition) is 1. The van der Waals surface area contributed by atoms with Gasteiger partial charge in [-0.1, -0.05) is 11.6 Å². The highest BCUT2D eigenvalue weighted by molar-refractivity contribution is 6.32. The molecule has 1 aliphatic carbocycles. The van der Waals surface area contributed by atoms with Gasteiger partial charge in [-0.2, -0.15) is 0 Å². The average Bonchev–Trinajstić information content (AvgIpc) is 3.16. The van der Waals surface area contributed by atoms with Crippen LogP contribution < -0.4 is 15.2 Å². The first-order chi connectivity index (χ1) is 13.9. The predicted molar refractivity (Wildman–Crippen MR) is 108 cm³/mol. The van der Waals surface area contributed by atoms with E-state index in [0.29, 0.717) is 46.3 Å². The van der Waals surface area contributed by atoms with Crippen LogP contribution >= 0.6 is 11.6 Å². The zero-order valence-electron chi connectivity index (χ0n) is 16.3. The van der Waals surface area contributed by atoms with Crippen molar-refractivity contribution in [3.05, 3.63) is 52.3 Å². The summed E-state index contributed by atoms with van der Waals surface area (Å²) in [6.07, 6.45) is 4.36. The minimum Gasteiger partial charge on any atom is -0.495 e. The molecular weight excluding hydrogens is 394 g/mol. The molecule has 0 saturated heterocycles. The maximum atomic E-state index is 12.8. The van der Waals surface area contributed by atoms with Crippen molar-refractivity contribution in [2.45, 2.75) is 25.7 Å². The van der Waals surface area contributed by atoms with E-state index in [4.69, 9.17) is 26.8 Å². The number of nitrogens with zero attached hydrogens (tertiary/aromatic N) is 4. The minimum absolute atomic E-state index is 0.0102. The van der Waals surface area contributed by atoms with Gasteiger partial charge in [0.2, 0.25) is 5.95 Å². The van der Waals surface area contributed by atoms with Gasteiger partial charge < -0.3 is 15.2 Å². The van der Waals surface area contributed by atoms with Crippen LogP contribution in [0, 0.1) is 6.92 Å². The molecule has 0 saturated carbocycles. The molecule has 1 aromatic carbocycles. The standard InChI is InChI=1S/C20H20ClN5O3/c1-10-18-13(25-20(22)24-10)6-11(7-15(18)27)19-23-4-5-26(19)14-9-16(28-2)12(21)8-17(14)29-3/h4-5,8-9,11H,6-7H2,1-3H3,(H2,22,24,25). The van der Waals surface area contributed by atoms with E-state index in [9.17, 15) is 4.79 Å². The Kier molecular flexibility index (Phi) is 4.87. The topological polar surface area (TPSA) is 105 Å². The van der Waals surface area contributed by atoms with Gasteiger partial charge in [-0.25, -0.2) is 15.0 Å². The monoisotopic (exact) mass is 413 g/mol. The number of fused-ring (bicyclic) bond motifs is 1. The molecule has 1 unspecified atom stereocenters. The molecule has 8 nitrogen and oxygen atoms in total. The van der Waals surface area contributed by atoms with Crippen LogP contribution in [0.5, 0.6) is 11.5 Å². The van der Waals surface area contributed by atoms with Gasteiger partial charge in [0.25, 0.3) is 0 Å². The van der Waals surface area contributed by atoms with Gasteiger partial charge in [0.05, 0.1) is 41.9 Å². The third-order valence-electron chi connectivity index (χ3n) is 5.08. The van der Waals surface area contributed by atoms with Crippen molar-refractivity contribution in [1.82, 2.24) is 19.5 Å². The lowest BCUT2D eigenvalue weighted by molar-refractivity contribution is 0.0960.